The van der Waals surface area contributed by atoms with E-state index in [2.05, 4.69) is 4.99 Å². The molecule has 1 heterocycles. The Bertz CT molecular complexity index is 262. The minimum Gasteiger partial charge on any atom is -0.459 e. The molecule has 98 valence electrons. The Morgan fingerprint density at radius 2 is 2.06 bits per heavy atom. The van der Waals surface area contributed by atoms with E-state index in [-0.39, 0.29) is 12.5 Å². The van der Waals surface area contributed by atoms with Gasteiger partial charge >= 0.3 is 5.97 Å². The second kappa shape index (κ2) is 6.74. The molecule has 1 fully saturated rings. The first-order valence-electron chi connectivity index (χ1n) is 6.25. The summed E-state index contributed by atoms with van der Waals surface area (Å²) < 4.78 is 10.4. The average Bonchev–Trinajstić information content (AvgIpc) is 2.23. The van der Waals surface area contributed by atoms with Crippen molar-refractivity contribution in [2.24, 2.45) is 10.9 Å². The molecule has 0 spiro atoms. The summed E-state index contributed by atoms with van der Waals surface area (Å²) in [4.78, 5) is 15.5. The molecular weight excluding hydrogens is 218 g/mol. The van der Waals surface area contributed by atoms with E-state index in [1.54, 1.807) is 0 Å². The summed E-state index contributed by atoms with van der Waals surface area (Å²) in [6, 6.07) is 0. The van der Waals surface area contributed by atoms with Gasteiger partial charge in [0.2, 0.25) is 0 Å². The molecule has 0 saturated carbocycles. The fourth-order valence-corrected chi connectivity index (χ4v) is 1.72. The van der Waals surface area contributed by atoms with Gasteiger partial charge in [-0.3, -0.25) is 9.79 Å². The molecule has 1 rings (SSSR count). The van der Waals surface area contributed by atoms with Crippen LogP contribution in [0.25, 0.3) is 0 Å². The largest absolute Gasteiger partial charge is 0.459 e. The SMILES string of the molecule is CC(C)(C)OC(=O)C/N=C/CC1CCOCC1. The molecule has 0 aromatic rings. The highest BCUT2D eigenvalue weighted by atomic mass is 16.6. The first-order chi connectivity index (χ1) is 7.97. The Kier molecular flexibility index (Phi) is 5.62. The number of esters is 1. The van der Waals surface area contributed by atoms with Gasteiger partial charge in [-0.25, -0.2) is 0 Å². The van der Waals surface area contributed by atoms with E-state index in [9.17, 15) is 4.79 Å². The second-order valence-corrected chi connectivity index (χ2v) is 5.40. The van der Waals surface area contributed by atoms with E-state index >= 15 is 0 Å². The molecular formula is C13H23NO3. The fourth-order valence-electron chi connectivity index (χ4n) is 1.72. The lowest BCUT2D eigenvalue weighted by Crippen LogP contribution is -2.25. The van der Waals surface area contributed by atoms with E-state index in [1.807, 2.05) is 27.0 Å². The third-order valence-electron chi connectivity index (χ3n) is 2.55. The number of hydrogen-bond donors (Lipinski definition) is 0. The number of carbonyl (C=O) groups is 1. The van der Waals surface area contributed by atoms with Crippen LogP contribution >= 0.6 is 0 Å². The minimum absolute atomic E-state index is 0.125. The third-order valence-corrected chi connectivity index (χ3v) is 2.55. The number of carbonyl (C=O) groups excluding carboxylic acids is 1. The molecule has 0 aromatic carbocycles. The quantitative estimate of drug-likeness (QED) is 0.560. The van der Waals surface area contributed by atoms with Crippen molar-refractivity contribution >= 4 is 12.2 Å². The van der Waals surface area contributed by atoms with Crippen molar-refractivity contribution in [3.8, 4) is 0 Å². The van der Waals surface area contributed by atoms with Gasteiger partial charge in [0.25, 0.3) is 0 Å². The molecule has 1 aliphatic heterocycles. The van der Waals surface area contributed by atoms with Crippen molar-refractivity contribution in [3.63, 3.8) is 0 Å². The summed E-state index contributed by atoms with van der Waals surface area (Å²) in [5, 5.41) is 0. The molecule has 0 bridgehead atoms. The molecule has 1 saturated heterocycles. The zero-order chi connectivity index (χ0) is 12.7. The summed E-state index contributed by atoms with van der Waals surface area (Å²) in [6.45, 7) is 7.40. The van der Waals surface area contributed by atoms with Crippen LogP contribution in [0.15, 0.2) is 4.99 Å². The van der Waals surface area contributed by atoms with E-state index in [4.69, 9.17) is 9.47 Å². The highest BCUT2D eigenvalue weighted by Crippen LogP contribution is 2.16. The molecule has 0 aromatic heterocycles. The monoisotopic (exact) mass is 241 g/mol. The van der Waals surface area contributed by atoms with Gasteiger partial charge in [0.1, 0.15) is 12.1 Å². The van der Waals surface area contributed by atoms with E-state index in [0.717, 1.165) is 32.5 Å². The zero-order valence-electron chi connectivity index (χ0n) is 11.1. The van der Waals surface area contributed by atoms with E-state index < -0.39 is 5.60 Å². The van der Waals surface area contributed by atoms with Crippen molar-refractivity contribution in [1.29, 1.82) is 0 Å². The predicted octanol–water partition coefficient (Wildman–Crippen LogP) is 2.22. The standard InChI is InChI=1S/C13H23NO3/c1-13(2,3)17-12(15)10-14-7-4-11-5-8-16-9-6-11/h7,11H,4-6,8-10H2,1-3H3/b14-7+. The molecule has 0 N–H and O–H groups in total. The Balaban J connectivity index is 2.14. The number of nitrogens with zero attached hydrogens (tertiary/aromatic N) is 1. The van der Waals surface area contributed by atoms with Crippen LogP contribution in [0.2, 0.25) is 0 Å². The first-order valence-corrected chi connectivity index (χ1v) is 6.25. The van der Waals surface area contributed by atoms with Crippen molar-refractivity contribution in [2.45, 2.75) is 45.6 Å². The molecule has 0 radical (unpaired) electrons. The molecule has 0 aliphatic carbocycles. The van der Waals surface area contributed by atoms with Gasteiger partial charge in [-0.05, 0) is 52.2 Å². The maximum atomic E-state index is 11.4. The molecule has 1 aliphatic rings. The minimum atomic E-state index is -0.423. The van der Waals surface area contributed by atoms with Gasteiger partial charge in [0.15, 0.2) is 0 Å². The average molecular weight is 241 g/mol. The van der Waals surface area contributed by atoms with E-state index in [1.165, 1.54) is 0 Å². The van der Waals surface area contributed by atoms with Crippen LogP contribution in [-0.4, -0.2) is 37.5 Å². The number of aliphatic imine (C=N–C) groups is 1. The van der Waals surface area contributed by atoms with Crippen LogP contribution in [-0.2, 0) is 14.3 Å². The summed E-state index contributed by atoms with van der Waals surface area (Å²) in [6.07, 6.45) is 4.98. The van der Waals surface area contributed by atoms with Gasteiger partial charge in [-0.2, -0.15) is 0 Å². The molecule has 4 heteroatoms. The van der Waals surface area contributed by atoms with Gasteiger partial charge < -0.3 is 9.47 Å². The maximum absolute atomic E-state index is 11.4. The van der Waals surface area contributed by atoms with Crippen molar-refractivity contribution in [3.05, 3.63) is 0 Å². The van der Waals surface area contributed by atoms with Gasteiger partial charge in [-0.15, -0.1) is 0 Å². The molecule has 0 atom stereocenters. The van der Waals surface area contributed by atoms with Crippen LogP contribution in [0, 0.1) is 5.92 Å². The van der Waals surface area contributed by atoms with Gasteiger partial charge in [-0.1, -0.05) is 0 Å². The summed E-state index contributed by atoms with van der Waals surface area (Å²) >= 11 is 0. The smallest absolute Gasteiger partial charge is 0.328 e. The summed E-state index contributed by atoms with van der Waals surface area (Å²) in [7, 11) is 0. The lowest BCUT2D eigenvalue weighted by Gasteiger charge is -2.20. The number of rotatable bonds is 4. The lowest BCUT2D eigenvalue weighted by molar-refractivity contribution is -0.152. The third kappa shape index (κ3) is 7.10. The molecule has 17 heavy (non-hydrogen) atoms. The Morgan fingerprint density at radius 3 is 2.65 bits per heavy atom. The Labute approximate surface area is 103 Å². The van der Waals surface area contributed by atoms with Crippen LogP contribution < -0.4 is 0 Å². The van der Waals surface area contributed by atoms with Gasteiger partial charge in [0.05, 0.1) is 0 Å². The second-order valence-electron chi connectivity index (χ2n) is 5.40. The van der Waals surface area contributed by atoms with Crippen LogP contribution in [0.3, 0.4) is 0 Å². The van der Waals surface area contributed by atoms with Crippen LogP contribution in [0.5, 0.6) is 0 Å². The fraction of sp³-hybridized carbons (Fsp3) is 0.846. The normalized spacial score (nSPS) is 18.5. The zero-order valence-corrected chi connectivity index (χ0v) is 11.1. The molecule has 0 amide bonds. The van der Waals surface area contributed by atoms with Crippen molar-refractivity contribution in [2.75, 3.05) is 19.8 Å². The topological polar surface area (TPSA) is 47.9 Å². The maximum Gasteiger partial charge on any atom is 0.328 e. The predicted molar refractivity (Wildman–Crippen MR) is 67.4 cm³/mol. The van der Waals surface area contributed by atoms with Crippen LogP contribution in [0.4, 0.5) is 0 Å². The molecule has 4 nitrogen and oxygen atoms in total. The summed E-state index contributed by atoms with van der Waals surface area (Å²) in [5.74, 6) is 0.395. The highest BCUT2D eigenvalue weighted by Gasteiger charge is 2.15. The van der Waals surface area contributed by atoms with Crippen molar-refractivity contribution < 1.29 is 14.3 Å². The first kappa shape index (κ1) is 14.2. The molecule has 0 unspecified atom stereocenters. The summed E-state index contributed by atoms with van der Waals surface area (Å²) in [5.41, 5.74) is -0.423. The Morgan fingerprint density at radius 1 is 1.41 bits per heavy atom. The van der Waals surface area contributed by atoms with E-state index in [0.29, 0.717) is 5.92 Å². The van der Waals surface area contributed by atoms with Crippen molar-refractivity contribution in [1.82, 2.24) is 0 Å². The number of hydrogen-bond acceptors (Lipinski definition) is 4. The van der Waals surface area contributed by atoms with Crippen LogP contribution in [0.1, 0.15) is 40.0 Å². The highest BCUT2D eigenvalue weighted by molar-refractivity contribution is 5.74. The van der Waals surface area contributed by atoms with Gasteiger partial charge in [0, 0.05) is 13.2 Å². The Hall–Kier alpha value is -0.900. The number of ether oxygens (including phenoxy) is 2. The lowest BCUT2D eigenvalue weighted by atomic mass is 9.97.